The molecule has 0 bridgehead atoms. The second-order valence-corrected chi connectivity index (χ2v) is 10.8. The molecule has 0 N–H and O–H groups in total. The Hall–Kier alpha value is -2.76. The minimum atomic E-state index is -4.63. The number of benzene rings is 1. The van der Waals surface area contributed by atoms with E-state index in [0.29, 0.717) is 26.2 Å². The van der Waals surface area contributed by atoms with E-state index in [-0.39, 0.29) is 23.6 Å². The van der Waals surface area contributed by atoms with Gasteiger partial charge in [0.1, 0.15) is 5.75 Å². The van der Waals surface area contributed by atoms with Crippen LogP contribution in [0.5, 0.6) is 5.75 Å². The Morgan fingerprint density at radius 3 is 2.52 bits per heavy atom. The summed E-state index contributed by atoms with van der Waals surface area (Å²) in [6, 6.07) is 4.72. The van der Waals surface area contributed by atoms with Crippen LogP contribution in [-0.2, 0) is 10.9 Å². The molecule has 2 fully saturated rings. The number of halogens is 3. The molecule has 2 aromatic rings. The molecule has 4 rings (SSSR count). The van der Waals surface area contributed by atoms with Crippen LogP contribution < -0.4 is 4.74 Å². The molecule has 3 heterocycles. The van der Waals surface area contributed by atoms with Gasteiger partial charge >= 0.3 is 6.18 Å². The maximum Gasteiger partial charge on any atom is 0.451 e. The Morgan fingerprint density at radius 2 is 1.82 bits per heavy atom. The molecular weight excluding hydrogens is 523 g/mol. The van der Waals surface area contributed by atoms with Crippen molar-refractivity contribution in [2.75, 3.05) is 60.1 Å². The zero-order chi connectivity index (χ0) is 28.9. The lowest BCUT2D eigenvalue weighted by atomic mass is 9.86. The summed E-state index contributed by atoms with van der Waals surface area (Å²) < 4.78 is 49.7. The minimum Gasteiger partial charge on any atom is -0.493 e. The minimum absolute atomic E-state index is 0.0810. The van der Waals surface area contributed by atoms with Crippen molar-refractivity contribution in [3.63, 3.8) is 0 Å². The molecule has 2 aliphatic rings. The van der Waals surface area contributed by atoms with E-state index in [2.05, 4.69) is 52.8 Å². The van der Waals surface area contributed by atoms with Gasteiger partial charge in [-0.15, -0.1) is 0 Å². The van der Waals surface area contributed by atoms with E-state index >= 15 is 0 Å². The SMILES string of the molecule is COCCN(C)CCCOc1ccc([C@H]2CCC[C@H]3CN(C(=O)c4cnc(C(F)(F)F)nc4)CCN32)c(C)c1C. The third kappa shape index (κ3) is 7.11. The van der Waals surface area contributed by atoms with Gasteiger partial charge in [-0.1, -0.05) is 6.07 Å². The van der Waals surface area contributed by atoms with Gasteiger partial charge in [0.05, 0.1) is 18.8 Å². The molecule has 11 heteroatoms. The van der Waals surface area contributed by atoms with Gasteiger partial charge in [0, 0.05) is 64.3 Å². The van der Waals surface area contributed by atoms with E-state index in [1.807, 2.05) is 0 Å². The van der Waals surface area contributed by atoms with E-state index in [4.69, 9.17) is 9.47 Å². The van der Waals surface area contributed by atoms with E-state index < -0.39 is 12.0 Å². The zero-order valence-corrected chi connectivity index (χ0v) is 23.8. The van der Waals surface area contributed by atoms with Crippen LogP contribution in [0.3, 0.4) is 0 Å². The predicted octanol–water partition coefficient (Wildman–Crippen LogP) is 4.51. The van der Waals surface area contributed by atoms with Gasteiger partial charge in [-0.25, -0.2) is 9.97 Å². The summed E-state index contributed by atoms with van der Waals surface area (Å²) in [6.07, 6.45) is 1.32. The molecule has 0 saturated carbocycles. The number of hydrogen-bond donors (Lipinski definition) is 0. The summed E-state index contributed by atoms with van der Waals surface area (Å²) in [5, 5.41) is 0. The lowest BCUT2D eigenvalue weighted by molar-refractivity contribution is -0.145. The first-order chi connectivity index (χ1) is 19.1. The Bertz CT molecular complexity index is 1140. The molecule has 0 aliphatic carbocycles. The molecule has 2 aliphatic heterocycles. The average Bonchev–Trinajstić information content (AvgIpc) is 2.95. The lowest BCUT2D eigenvalue weighted by Crippen LogP contribution is -2.57. The zero-order valence-electron chi connectivity index (χ0n) is 23.8. The number of carbonyl (C=O) groups excluding carboxylic acids is 1. The number of nitrogens with zero attached hydrogens (tertiary/aromatic N) is 5. The van der Waals surface area contributed by atoms with Gasteiger partial charge in [0.25, 0.3) is 5.91 Å². The largest absolute Gasteiger partial charge is 0.493 e. The highest BCUT2D eigenvalue weighted by molar-refractivity contribution is 5.93. The standard InChI is InChI=1S/C29H40F3N5O3/c1-20-21(2)26(40-15-6-11-35(3)14-16-39-4)10-9-24(20)25-8-5-7-23-19-36(12-13-37(23)25)27(38)22-17-33-28(34-18-22)29(30,31)32/h9-10,17-18,23,25H,5-8,11-16,19H2,1-4H3/t23-,25+/m0/s1. The Balaban J connectivity index is 1.37. The molecule has 220 valence electrons. The average molecular weight is 564 g/mol. The molecule has 0 unspecified atom stereocenters. The Kier molecular flexibility index (Phi) is 10.0. The fourth-order valence-corrected chi connectivity index (χ4v) is 5.75. The van der Waals surface area contributed by atoms with E-state index in [9.17, 15) is 18.0 Å². The number of methoxy groups -OCH3 is 1. The van der Waals surface area contributed by atoms with Gasteiger partial charge in [0.15, 0.2) is 0 Å². The molecule has 8 nitrogen and oxygen atoms in total. The monoisotopic (exact) mass is 563 g/mol. The molecule has 0 spiro atoms. The van der Waals surface area contributed by atoms with Crippen molar-refractivity contribution in [3.05, 3.63) is 52.6 Å². The number of piperazine rings is 1. The molecule has 40 heavy (non-hydrogen) atoms. The van der Waals surface area contributed by atoms with E-state index in [1.54, 1.807) is 12.0 Å². The number of aromatic nitrogens is 2. The summed E-state index contributed by atoms with van der Waals surface area (Å²) in [4.78, 5) is 26.2. The van der Waals surface area contributed by atoms with Crippen molar-refractivity contribution < 1.29 is 27.4 Å². The van der Waals surface area contributed by atoms with Gasteiger partial charge in [-0.05, 0) is 69.3 Å². The topological polar surface area (TPSA) is 71.0 Å². The van der Waals surface area contributed by atoms with Crippen molar-refractivity contribution in [2.45, 2.75) is 57.8 Å². The summed E-state index contributed by atoms with van der Waals surface area (Å²) in [5.74, 6) is -0.645. The summed E-state index contributed by atoms with van der Waals surface area (Å²) >= 11 is 0. The van der Waals surface area contributed by atoms with Crippen molar-refractivity contribution >= 4 is 5.91 Å². The van der Waals surface area contributed by atoms with E-state index in [1.165, 1.54) is 11.1 Å². The quantitative estimate of drug-likeness (QED) is 0.394. The third-order valence-corrected chi connectivity index (χ3v) is 8.14. The van der Waals surface area contributed by atoms with Crippen LogP contribution in [-0.4, -0.2) is 96.7 Å². The highest BCUT2D eigenvalue weighted by Gasteiger charge is 2.38. The first-order valence-corrected chi connectivity index (χ1v) is 13.9. The molecule has 1 aromatic carbocycles. The first kappa shape index (κ1) is 30.2. The van der Waals surface area contributed by atoms with Crippen molar-refractivity contribution in [3.8, 4) is 5.75 Å². The van der Waals surface area contributed by atoms with E-state index in [0.717, 1.165) is 69.1 Å². The van der Waals surface area contributed by atoms with Crippen LogP contribution in [0.2, 0.25) is 0 Å². The van der Waals surface area contributed by atoms with Gasteiger partial charge < -0.3 is 19.3 Å². The Morgan fingerprint density at radius 1 is 1.07 bits per heavy atom. The fourth-order valence-electron chi connectivity index (χ4n) is 5.75. The number of ether oxygens (including phenoxy) is 2. The maximum absolute atomic E-state index is 13.0. The fraction of sp³-hybridized carbons (Fsp3) is 0.621. The number of likely N-dealkylation sites (N-methyl/N-ethyl adjacent to an activating group) is 1. The lowest BCUT2D eigenvalue weighted by Gasteiger charge is -2.48. The summed E-state index contributed by atoms with van der Waals surface area (Å²) in [7, 11) is 3.79. The van der Waals surface area contributed by atoms with Gasteiger partial charge in [-0.3, -0.25) is 9.69 Å². The van der Waals surface area contributed by atoms with Crippen LogP contribution in [0.4, 0.5) is 13.2 Å². The first-order valence-electron chi connectivity index (χ1n) is 13.9. The Labute approximate surface area is 234 Å². The number of alkyl halides is 3. The number of rotatable bonds is 10. The number of carbonyl (C=O) groups is 1. The summed E-state index contributed by atoms with van der Waals surface area (Å²) in [5.41, 5.74) is 3.77. The normalized spacial score (nSPS) is 20.1. The van der Waals surface area contributed by atoms with Crippen LogP contribution in [0.15, 0.2) is 24.5 Å². The second-order valence-electron chi connectivity index (χ2n) is 10.8. The second kappa shape index (κ2) is 13.3. The molecule has 2 atom stereocenters. The van der Waals surface area contributed by atoms with Crippen molar-refractivity contribution in [1.29, 1.82) is 0 Å². The summed E-state index contributed by atoms with van der Waals surface area (Å²) in [6.45, 7) is 9.24. The molecule has 1 amide bonds. The van der Waals surface area contributed by atoms with Crippen LogP contribution >= 0.6 is 0 Å². The van der Waals surface area contributed by atoms with Crippen molar-refractivity contribution in [2.24, 2.45) is 0 Å². The van der Waals surface area contributed by atoms with Crippen LogP contribution in [0, 0.1) is 13.8 Å². The van der Waals surface area contributed by atoms with Crippen LogP contribution in [0.1, 0.15) is 64.6 Å². The smallest absolute Gasteiger partial charge is 0.451 e. The molecule has 0 radical (unpaired) electrons. The van der Waals surface area contributed by atoms with Crippen molar-refractivity contribution in [1.82, 2.24) is 24.7 Å². The highest BCUT2D eigenvalue weighted by Crippen LogP contribution is 2.39. The number of hydrogen-bond acceptors (Lipinski definition) is 7. The third-order valence-electron chi connectivity index (χ3n) is 8.14. The van der Waals surface area contributed by atoms with Gasteiger partial charge in [0.2, 0.25) is 5.82 Å². The molecular formula is C29H40F3N5O3. The van der Waals surface area contributed by atoms with Gasteiger partial charge in [-0.2, -0.15) is 13.2 Å². The number of piperidine rings is 1. The molecule has 1 aromatic heterocycles. The number of fused-ring (bicyclic) bond motifs is 1. The predicted molar refractivity (Wildman–Crippen MR) is 145 cm³/mol. The molecule has 2 saturated heterocycles. The highest BCUT2D eigenvalue weighted by atomic mass is 19.4. The maximum atomic E-state index is 13.0. The van der Waals surface area contributed by atoms with Crippen LogP contribution in [0.25, 0.3) is 0 Å². The number of amides is 1.